The van der Waals surface area contributed by atoms with Crippen LogP contribution < -0.4 is 0 Å². The van der Waals surface area contributed by atoms with Gasteiger partial charge in [-0.25, -0.2) is 9.97 Å². The molecule has 0 saturated heterocycles. The summed E-state index contributed by atoms with van der Waals surface area (Å²) in [6, 6.07) is 12.3. The first-order valence-corrected chi connectivity index (χ1v) is 8.93. The molecule has 3 aromatic rings. The quantitative estimate of drug-likeness (QED) is 0.532. The molecule has 6 heteroatoms. The van der Waals surface area contributed by atoms with E-state index in [1.54, 1.807) is 36.7 Å². The molecule has 0 unspecified atom stereocenters. The zero-order chi connectivity index (χ0) is 16.4. The fourth-order valence-corrected chi connectivity index (χ4v) is 4.36. The second kappa shape index (κ2) is 6.68. The lowest BCUT2D eigenvalue weighted by molar-refractivity contribution is -0.127. The van der Waals surface area contributed by atoms with Crippen molar-refractivity contribution in [2.75, 3.05) is 14.1 Å². The minimum absolute atomic E-state index is 0.0836. The van der Waals surface area contributed by atoms with Crippen molar-refractivity contribution in [2.45, 2.75) is 17.2 Å². The number of amides is 1. The molecule has 4 nitrogen and oxygen atoms in total. The number of thiophene rings is 1. The summed E-state index contributed by atoms with van der Waals surface area (Å²) < 4.78 is 0. The maximum absolute atomic E-state index is 12.1. The highest BCUT2D eigenvalue weighted by Gasteiger charge is 2.19. The average molecular weight is 343 g/mol. The van der Waals surface area contributed by atoms with Crippen molar-refractivity contribution >= 4 is 39.2 Å². The summed E-state index contributed by atoms with van der Waals surface area (Å²) in [5.74, 6) is 0.0836. The van der Waals surface area contributed by atoms with E-state index in [9.17, 15) is 4.79 Å². The molecule has 23 heavy (non-hydrogen) atoms. The number of carbonyl (C=O) groups is 1. The van der Waals surface area contributed by atoms with Gasteiger partial charge in [0.2, 0.25) is 5.91 Å². The Morgan fingerprint density at radius 2 is 1.96 bits per heavy atom. The minimum Gasteiger partial charge on any atom is -0.348 e. The Labute approximate surface area is 143 Å². The molecular formula is C17H17N3OS2. The van der Waals surface area contributed by atoms with Gasteiger partial charge < -0.3 is 4.90 Å². The fourth-order valence-electron chi connectivity index (χ4n) is 2.25. The van der Waals surface area contributed by atoms with E-state index in [0.717, 1.165) is 20.1 Å². The van der Waals surface area contributed by atoms with E-state index in [0.29, 0.717) is 0 Å². The normalized spacial score (nSPS) is 12.3. The molecule has 0 saturated carbocycles. The van der Waals surface area contributed by atoms with Crippen LogP contribution >= 0.6 is 23.1 Å². The Bertz CT molecular complexity index is 830. The topological polar surface area (TPSA) is 46.1 Å². The second-order valence-electron chi connectivity index (χ2n) is 5.37. The van der Waals surface area contributed by atoms with E-state index < -0.39 is 0 Å². The van der Waals surface area contributed by atoms with Gasteiger partial charge >= 0.3 is 0 Å². The molecule has 0 fully saturated rings. The summed E-state index contributed by atoms with van der Waals surface area (Å²) in [6.07, 6.45) is 1.57. The first-order valence-electron chi connectivity index (χ1n) is 7.24. The van der Waals surface area contributed by atoms with Gasteiger partial charge in [-0.05, 0) is 18.6 Å². The summed E-state index contributed by atoms with van der Waals surface area (Å²) in [5.41, 5.74) is 1.17. The largest absolute Gasteiger partial charge is 0.348 e. The molecule has 0 aliphatic carbocycles. The predicted octanol–water partition coefficient (Wildman–Crippen LogP) is 3.93. The summed E-state index contributed by atoms with van der Waals surface area (Å²) in [7, 11) is 3.54. The molecule has 0 radical (unpaired) electrons. The summed E-state index contributed by atoms with van der Waals surface area (Å²) in [6.45, 7) is 1.91. The van der Waals surface area contributed by atoms with Gasteiger partial charge in [-0.1, -0.05) is 42.1 Å². The molecule has 2 aromatic heterocycles. The lowest BCUT2D eigenvalue weighted by Crippen LogP contribution is -2.29. The first-order chi connectivity index (χ1) is 11.1. The van der Waals surface area contributed by atoms with Crippen molar-refractivity contribution in [3.8, 4) is 10.4 Å². The highest BCUT2D eigenvalue weighted by Crippen LogP contribution is 2.37. The van der Waals surface area contributed by atoms with Gasteiger partial charge in [-0.2, -0.15) is 0 Å². The van der Waals surface area contributed by atoms with E-state index in [1.807, 2.05) is 25.1 Å². The van der Waals surface area contributed by atoms with Crippen molar-refractivity contribution in [1.82, 2.24) is 14.9 Å². The van der Waals surface area contributed by atoms with Crippen LogP contribution in [0, 0.1) is 0 Å². The first kappa shape index (κ1) is 16.0. The minimum atomic E-state index is -0.178. The van der Waals surface area contributed by atoms with Crippen LogP contribution in [0.3, 0.4) is 0 Å². The number of rotatable bonds is 4. The Morgan fingerprint density at radius 1 is 1.22 bits per heavy atom. The Morgan fingerprint density at radius 3 is 2.65 bits per heavy atom. The molecule has 118 valence electrons. The Kier molecular flexibility index (Phi) is 4.63. The zero-order valence-electron chi connectivity index (χ0n) is 13.2. The molecule has 0 bridgehead atoms. The zero-order valence-corrected chi connectivity index (χ0v) is 14.8. The van der Waals surface area contributed by atoms with Crippen molar-refractivity contribution < 1.29 is 4.79 Å². The van der Waals surface area contributed by atoms with Crippen LogP contribution in [-0.2, 0) is 4.79 Å². The monoisotopic (exact) mass is 343 g/mol. The van der Waals surface area contributed by atoms with Gasteiger partial charge in [0.1, 0.15) is 16.2 Å². The summed E-state index contributed by atoms with van der Waals surface area (Å²) in [5, 5.41) is 1.69. The van der Waals surface area contributed by atoms with Gasteiger partial charge in [0.15, 0.2) is 0 Å². The maximum Gasteiger partial charge on any atom is 0.235 e. The third kappa shape index (κ3) is 3.38. The highest BCUT2D eigenvalue weighted by atomic mass is 32.2. The van der Waals surface area contributed by atoms with Gasteiger partial charge in [0, 0.05) is 24.4 Å². The molecule has 1 aromatic carbocycles. The smallest absolute Gasteiger partial charge is 0.235 e. The molecule has 1 amide bonds. The van der Waals surface area contributed by atoms with Crippen LogP contribution in [0.1, 0.15) is 6.92 Å². The lowest BCUT2D eigenvalue weighted by Gasteiger charge is -2.15. The molecular weight excluding hydrogens is 326 g/mol. The summed E-state index contributed by atoms with van der Waals surface area (Å²) in [4.78, 5) is 24.6. The molecule has 0 aliphatic heterocycles. The van der Waals surface area contributed by atoms with Crippen molar-refractivity contribution in [2.24, 2.45) is 0 Å². The van der Waals surface area contributed by atoms with Crippen molar-refractivity contribution in [1.29, 1.82) is 0 Å². The SMILES string of the molecule is C[C@H](Sc1ncnc2sc(-c3ccccc3)cc12)C(=O)N(C)C. The van der Waals surface area contributed by atoms with E-state index in [4.69, 9.17) is 0 Å². The Hall–Kier alpha value is -1.92. The maximum atomic E-state index is 12.1. The van der Waals surface area contributed by atoms with Crippen LogP contribution in [0.5, 0.6) is 0 Å². The number of thioether (sulfide) groups is 1. The van der Waals surface area contributed by atoms with Gasteiger partial charge in [0.05, 0.1) is 5.25 Å². The van der Waals surface area contributed by atoms with Gasteiger partial charge in [-0.3, -0.25) is 4.79 Å². The van der Waals surface area contributed by atoms with Crippen molar-refractivity contribution in [3.63, 3.8) is 0 Å². The standard InChI is InChI=1S/C17H17N3OS2/c1-11(17(21)20(2)3)22-15-13-9-14(12-7-5-4-6-8-12)23-16(13)19-10-18-15/h4-11H,1-3H3/t11-/m0/s1. The number of fused-ring (bicyclic) bond motifs is 1. The van der Waals surface area contributed by atoms with Crippen LogP contribution in [0.2, 0.25) is 0 Å². The van der Waals surface area contributed by atoms with Crippen LogP contribution in [0.4, 0.5) is 0 Å². The van der Waals surface area contributed by atoms with Crippen molar-refractivity contribution in [3.05, 3.63) is 42.7 Å². The number of nitrogens with zero attached hydrogens (tertiary/aromatic N) is 3. The number of aromatic nitrogens is 2. The van der Waals surface area contributed by atoms with Crippen LogP contribution in [0.15, 0.2) is 47.8 Å². The van der Waals surface area contributed by atoms with E-state index in [2.05, 4.69) is 28.2 Å². The predicted molar refractivity (Wildman–Crippen MR) is 96.9 cm³/mol. The van der Waals surface area contributed by atoms with Gasteiger partial charge in [-0.15, -0.1) is 11.3 Å². The third-order valence-corrected chi connectivity index (χ3v) is 5.62. The van der Waals surface area contributed by atoms with E-state index in [-0.39, 0.29) is 11.2 Å². The Balaban J connectivity index is 1.96. The lowest BCUT2D eigenvalue weighted by atomic mass is 10.2. The van der Waals surface area contributed by atoms with E-state index >= 15 is 0 Å². The van der Waals surface area contributed by atoms with Crippen LogP contribution in [0.25, 0.3) is 20.7 Å². The number of carbonyl (C=O) groups excluding carboxylic acids is 1. The molecule has 0 spiro atoms. The molecule has 0 N–H and O–H groups in total. The number of benzene rings is 1. The third-order valence-electron chi connectivity index (χ3n) is 3.43. The second-order valence-corrected chi connectivity index (χ2v) is 7.73. The van der Waals surface area contributed by atoms with Crippen LogP contribution in [-0.4, -0.2) is 40.1 Å². The molecule has 2 heterocycles. The molecule has 3 rings (SSSR count). The number of hydrogen-bond acceptors (Lipinski definition) is 5. The highest BCUT2D eigenvalue weighted by molar-refractivity contribution is 8.00. The average Bonchev–Trinajstić information content (AvgIpc) is 3.00. The molecule has 1 atom stereocenters. The molecule has 0 aliphatic rings. The fraction of sp³-hybridized carbons (Fsp3) is 0.235. The summed E-state index contributed by atoms with van der Waals surface area (Å²) >= 11 is 3.13. The van der Waals surface area contributed by atoms with Gasteiger partial charge in [0.25, 0.3) is 0 Å². The number of hydrogen-bond donors (Lipinski definition) is 0. The van der Waals surface area contributed by atoms with E-state index in [1.165, 1.54) is 17.3 Å².